The molecular formula is C28H30N2O8. The van der Waals surface area contributed by atoms with Gasteiger partial charge in [-0.25, -0.2) is 14.6 Å². The number of nitrogens with one attached hydrogen (secondary N) is 1. The number of rotatable bonds is 8. The Bertz CT molecular complexity index is 1380. The molecule has 38 heavy (non-hydrogen) atoms. The van der Waals surface area contributed by atoms with E-state index in [1.165, 1.54) is 28.3 Å². The van der Waals surface area contributed by atoms with Gasteiger partial charge in [-0.05, 0) is 59.6 Å². The Hall–Kier alpha value is -4.15. The molecule has 4 rings (SSSR count). The Morgan fingerprint density at radius 3 is 2.08 bits per heavy atom. The number of benzene rings is 2. The highest BCUT2D eigenvalue weighted by Crippen LogP contribution is 2.27. The quantitative estimate of drug-likeness (QED) is 0.245. The van der Waals surface area contributed by atoms with Crippen LogP contribution >= 0.6 is 0 Å². The Labute approximate surface area is 218 Å². The summed E-state index contributed by atoms with van der Waals surface area (Å²) in [6, 6.07) is 7.84. The zero-order valence-corrected chi connectivity index (χ0v) is 21.1. The first-order valence-corrected chi connectivity index (χ1v) is 12.2. The van der Waals surface area contributed by atoms with E-state index >= 15 is 0 Å². The number of hydrogen-bond acceptors (Lipinski definition) is 7. The zero-order valence-electron chi connectivity index (χ0n) is 21.1. The third-order valence-corrected chi connectivity index (χ3v) is 6.47. The molecule has 10 nitrogen and oxygen atoms in total. The average Bonchev–Trinajstić information content (AvgIpc) is 3.28. The molecule has 5 N–H and O–H groups in total. The standard InChI is InChI=1S/C24H26N2O4.C4H4O4/c1-3-13-7-15-9-17(10-16(15)8-14(13)4-2)25-12-22(29)18-5-6-20(27)23-19(18)11-21(28)24(30)26-23;5-3(6)1-2-4(7)8/h5-8,11,17,22,25,27,29H,3-4,9-10,12H2,1-2H3;1-2H,(H,5,6)(H,7,8)/b;2-1-/t22-;/m0./s1. The van der Waals surface area contributed by atoms with Crippen LogP contribution in [0.4, 0.5) is 0 Å². The molecule has 1 heterocycles. The van der Waals surface area contributed by atoms with Crippen molar-refractivity contribution in [3.8, 4) is 5.75 Å². The molecule has 10 heteroatoms. The fraction of sp³-hybridized carbons (Fsp3) is 0.321. The molecule has 0 bridgehead atoms. The summed E-state index contributed by atoms with van der Waals surface area (Å²) in [5.41, 5.74) is 6.03. The second kappa shape index (κ2) is 12.4. The molecule has 0 aromatic heterocycles. The van der Waals surface area contributed by atoms with Crippen molar-refractivity contribution >= 4 is 29.7 Å². The minimum atomic E-state index is -1.26. The molecule has 2 aromatic carbocycles. The minimum Gasteiger partial charge on any atom is -0.506 e. The largest absolute Gasteiger partial charge is 0.506 e. The highest BCUT2D eigenvalue weighted by molar-refractivity contribution is 6.48. The molecule has 0 radical (unpaired) electrons. The van der Waals surface area contributed by atoms with Gasteiger partial charge in [-0.2, -0.15) is 0 Å². The van der Waals surface area contributed by atoms with Crippen molar-refractivity contribution in [2.75, 3.05) is 6.54 Å². The number of nitrogens with zero attached hydrogens (tertiary/aromatic N) is 1. The molecule has 200 valence electrons. The molecule has 1 amide bonds. The third-order valence-electron chi connectivity index (χ3n) is 6.47. The number of aliphatic hydroxyl groups excluding tert-OH is 1. The summed E-state index contributed by atoms with van der Waals surface area (Å²) in [5, 5.41) is 40.2. The van der Waals surface area contributed by atoms with Crippen molar-refractivity contribution in [3.05, 3.63) is 74.8 Å². The summed E-state index contributed by atoms with van der Waals surface area (Å²) in [4.78, 5) is 46.1. The van der Waals surface area contributed by atoms with Gasteiger partial charge >= 0.3 is 17.8 Å². The molecular weight excluding hydrogens is 492 g/mol. The van der Waals surface area contributed by atoms with E-state index in [1.54, 1.807) is 6.07 Å². The molecule has 2 aliphatic rings. The SMILES string of the molecule is CCc1cc2c(cc1CC)CC(NC[C@H](O)c1ccc(O)c3c1=CC(=O)C(=O)N=3)C2.O=C(O)/C=C\C(=O)O. The highest BCUT2D eigenvalue weighted by atomic mass is 16.4. The normalized spacial score (nSPS) is 15.1. The molecule has 0 spiro atoms. The average molecular weight is 523 g/mol. The van der Waals surface area contributed by atoms with Gasteiger partial charge in [0.2, 0.25) is 5.78 Å². The molecule has 1 atom stereocenters. The summed E-state index contributed by atoms with van der Waals surface area (Å²) in [6.45, 7) is 4.66. The van der Waals surface area contributed by atoms with Crippen LogP contribution in [0.5, 0.6) is 5.75 Å². The summed E-state index contributed by atoms with van der Waals surface area (Å²) >= 11 is 0. The first-order valence-electron chi connectivity index (χ1n) is 12.2. The number of aliphatic hydroxyl groups is 1. The fourth-order valence-corrected chi connectivity index (χ4v) is 4.63. The maximum Gasteiger partial charge on any atom is 0.328 e. The first kappa shape index (κ1) is 28.4. The van der Waals surface area contributed by atoms with Gasteiger partial charge in [-0.3, -0.25) is 9.59 Å². The summed E-state index contributed by atoms with van der Waals surface area (Å²) in [5.74, 6) is -4.36. The Morgan fingerprint density at radius 2 is 1.58 bits per heavy atom. The van der Waals surface area contributed by atoms with Crippen molar-refractivity contribution in [1.82, 2.24) is 5.32 Å². The fourth-order valence-electron chi connectivity index (χ4n) is 4.63. The van der Waals surface area contributed by atoms with Crippen molar-refractivity contribution in [2.24, 2.45) is 4.99 Å². The van der Waals surface area contributed by atoms with Crippen LogP contribution in [0.25, 0.3) is 6.08 Å². The molecule has 1 aliphatic heterocycles. The molecule has 0 saturated carbocycles. The van der Waals surface area contributed by atoms with Crippen LogP contribution in [0.2, 0.25) is 0 Å². The topological polar surface area (TPSA) is 174 Å². The number of Topliss-reactive ketones (excluding diaryl/α,β-unsaturated/α-hetero) is 1. The summed E-state index contributed by atoms with van der Waals surface area (Å²) < 4.78 is 0. The second-order valence-electron chi connectivity index (χ2n) is 9.00. The summed E-state index contributed by atoms with van der Waals surface area (Å²) in [7, 11) is 0. The van der Waals surface area contributed by atoms with E-state index in [0.717, 1.165) is 31.8 Å². The maximum atomic E-state index is 11.8. The Kier molecular flexibility index (Phi) is 9.27. The third kappa shape index (κ3) is 6.78. The van der Waals surface area contributed by atoms with Crippen molar-refractivity contribution in [3.63, 3.8) is 0 Å². The van der Waals surface area contributed by atoms with E-state index in [0.29, 0.717) is 29.5 Å². The second-order valence-corrected chi connectivity index (χ2v) is 9.00. The number of amides is 1. The number of phenolic OH excluding ortho intramolecular Hbond substituents is 1. The molecule has 0 fully saturated rings. The smallest absolute Gasteiger partial charge is 0.328 e. The van der Waals surface area contributed by atoms with E-state index in [4.69, 9.17) is 10.2 Å². The van der Waals surface area contributed by atoms with Gasteiger partial charge < -0.3 is 25.7 Å². The van der Waals surface area contributed by atoms with Crippen molar-refractivity contribution < 1.29 is 39.6 Å². The number of carbonyl (C=O) groups is 4. The van der Waals surface area contributed by atoms with Gasteiger partial charge in [0.05, 0.1) is 6.10 Å². The van der Waals surface area contributed by atoms with Gasteiger partial charge in [0.1, 0.15) is 11.1 Å². The number of carbonyl (C=O) groups excluding carboxylic acids is 2. The maximum absolute atomic E-state index is 11.8. The molecule has 2 aromatic rings. The lowest BCUT2D eigenvalue weighted by atomic mass is 9.97. The van der Waals surface area contributed by atoms with Crippen molar-refractivity contribution in [1.29, 1.82) is 0 Å². The number of hydrogen-bond donors (Lipinski definition) is 5. The number of ketones is 1. The number of carboxylic acids is 2. The van der Waals surface area contributed by atoms with Crippen LogP contribution in [0.15, 0.2) is 41.4 Å². The van der Waals surface area contributed by atoms with Crippen LogP contribution in [-0.4, -0.2) is 56.6 Å². The number of phenols is 1. The van der Waals surface area contributed by atoms with E-state index in [-0.39, 0.29) is 17.1 Å². The predicted octanol–water partition coefficient (Wildman–Crippen LogP) is 0.529. The Morgan fingerprint density at radius 1 is 1.03 bits per heavy atom. The van der Waals surface area contributed by atoms with E-state index in [2.05, 4.69) is 36.3 Å². The van der Waals surface area contributed by atoms with Gasteiger partial charge in [0.15, 0.2) is 0 Å². The predicted molar refractivity (Wildman–Crippen MR) is 137 cm³/mol. The number of carboxylic acid groups (broad SMARTS) is 2. The number of aromatic hydroxyl groups is 1. The Balaban J connectivity index is 0.000000436. The van der Waals surface area contributed by atoms with Crippen LogP contribution in [0.3, 0.4) is 0 Å². The van der Waals surface area contributed by atoms with Gasteiger partial charge in [-0.1, -0.05) is 32.0 Å². The number of fused-ring (bicyclic) bond motifs is 2. The van der Waals surface area contributed by atoms with E-state index in [1.807, 2.05) is 0 Å². The molecule has 1 aliphatic carbocycles. The lowest BCUT2D eigenvalue weighted by Crippen LogP contribution is -2.40. The van der Waals surface area contributed by atoms with Crippen LogP contribution in [0.1, 0.15) is 47.8 Å². The van der Waals surface area contributed by atoms with E-state index in [9.17, 15) is 29.4 Å². The van der Waals surface area contributed by atoms with Crippen LogP contribution in [-0.2, 0) is 44.9 Å². The van der Waals surface area contributed by atoms with Crippen LogP contribution in [0, 0.1) is 0 Å². The number of aliphatic carboxylic acids is 2. The van der Waals surface area contributed by atoms with Gasteiger partial charge in [-0.15, -0.1) is 0 Å². The number of aryl methyl sites for hydroxylation is 2. The first-order chi connectivity index (χ1) is 18.0. The van der Waals surface area contributed by atoms with E-state index < -0.39 is 29.7 Å². The molecule has 0 saturated heterocycles. The minimum absolute atomic E-state index is 0.0450. The van der Waals surface area contributed by atoms with Gasteiger partial charge in [0, 0.05) is 36.0 Å². The zero-order chi connectivity index (χ0) is 28.0. The van der Waals surface area contributed by atoms with Gasteiger partial charge in [0.25, 0.3) is 0 Å². The lowest BCUT2D eigenvalue weighted by molar-refractivity contribution is -0.134. The molecule has 0 unspecified atom stereocenters. The monoisotopic (exact) mass is 522 g/mol. The highest BCUT2D eigenvalue weighted by Gasteiger charge is 2.24. The summed E-state index contributed by atoms with van der Waals surface area (Å²) in [6.07, 6.45) is 5.26. The lowest BCUT2D eigenvalue weighted by Gasteiger charge is -2.18. The van der Waals surface area contributed by atoms with Crippen LogP contribution < -0.4 is 15.9 Å². The van der Waals surface area contributed by atoms with Crippen molar-refractivity contribution in [2.45, 2.75) is 51.7 Å².